The van der Waals surface area contributed by atoms with E-state index in [9.17, 15) is 4.79 Å². The number of aromatic nitrogens is 3. The minimum absolute atomic E-state index is 0.246. The molecule has 66 valence electrons. The van der Waals surface area contributed by atoms with Crippen LogP contribution in [-0.4, -0.2) is 26.0 Å². The maximum atomic E-state index is 10.8. The van der Waals surface area contributed by atoms with E-state index in [2.05, 4.69) is 15.0 Å². The van der Waals surface area contributed by atoms with Crippen LogP contribution >= 0.6 is 0 Å². The summed E-state index contributed by atoms with van der Waals surface area (Å²) in [7, 11) is 0. The molecule has 0 spiro atoms. The fraction of sp³-hybridized carbons (Fsp3) is 0.125. The second-order valence-corrected chi connectivity index (χ2v) is 2.72. The summed E-state index contributed by atoms with van der Waals surface area (Å²) in [5, 5.41) is 9.43. The lowest BCUT2D eigenvalue weighted by Gasteiger charge is -1.90. The van der Waals surface area contributed by atoms with Crippen molar-refractivity contribution in [3.8, 4) is 0 Å². The topological polar surface area (TPSA) is 78.9 Å². The normalized spacial score (nSPS) is 10.5. The Hall–Kier alpha value is -1.91. The Morgan fingerprint density at radius 2 is 2.38 bits per heavy atom. The van der Waals surface area contributed by atoms with Crippen LogP contribution in [0.3, 0.4) is 0 Å². The number of carbonyl (C=O) groups is 1. The molecule has 0 saturated carbocycles. The first-order chi connectivity index (χ1) is 6.20. The maximum absolute atomic E-state index is 10.8. The fourth-order valence-corrected chi connectivity index (χ4v) is 1.33. The number of nitrogens with zero attached hydrogens (tertiary/aromatic N) is 2. The van der Waals surface area contributed by atoms with E-state index >= 15 is 0 Å². The molecule has 0 aliphatic carbocycles. The van der Waals surface area contributed by atoms with Gasteiger partial charge in [0.05, 0.1) is 10.9 Å². The summed E-state index contributed by atoms with van der Waals surface area (Å²) in [6.07, 6.45) is 2.87. The predicted octanol–water partition coefficient (Wildman–Crippen LogP) is 0.965. The predicted molar refractivity (Wildman–Crippen MR) is 45.6 cm³/mol. The molecule has 0 aliphatic rings. The summed E-state index contributed by atoms with van der Waals surface area (Å²) in [6.45, 7) is 1.70. The SMILES string of the molecule is Cc1[nH]c2ncncc2c1C(=O)O. The highest BCUT2D eigenvalue weighted by Gasteiger charge is 2.14. The van der Waals surface area contributed by atoms with Gasteiger partial charge >= 0.3 is 5.97 Å². The standard InChI is InChI=1S/C8H7N3O2/c1-4-6(8(12)13)5-2-9-3-10-7(5)11-4/h2-3H,1H3,(H,12,13)(H,9,10,11). The summed E-state index contributed by atoms with van der Waals surface area (Å²) in [5.74, 6) is -0.960. The first-order valence-electron chi connectivity index (χ1n) is 3.71. The molecule has 0 aromatic carbocycles. The molecular weight excluding hydrogens is 170 g/mol. The number of nitrogens with one attached hydrogen (secondary N) is 1. The number of rotatable bonds is 1. The minimum Gasteiger partial charge on any atom is -0.478 e. The largest absolute Gasteiger partial charge is 0.478 e. The first kappa shape index (κ1) is 7.72. The van der Waals surface area contributed by atoms with E-state index in [4.69, 9.17) is 5.11 Å². The van der Waals surface area contributed by atoms with Crippen LogP contribution in [0.15, 0.2) is 12.5 Å². The number of carboxylic acids is 1. The molecule has 5 heteroatoms. The van der Waals surface area contributed by atoms with Crippen LogP contribution in [0.2, 0.25) is 0 Å². The lowest BCUT2D eigenvalue weighted by Crippen LogP contribution is -1.97. The Kier molecular flexibility index (Phi) is 1.51. The molecule has 0 radical (unpaired) electrons. The molecule has 0 amide bonds. The number of fused-ring (bicyclic) bond motifs is 1. The van der Waals surface area contributed by atoms with E-state index in [0.29, 0.717) is 16.7 Å². The average Bonchev–Trinajstić information content (AvgIpc) is 2.39. The number of hydrogen-bond donors (Lipinski definition) is 2. The second-order valence-electron chi connectivity index (χ2n) is 2.72. The Morgan fingerprint density at radius 3 is 3.08 bits per heavy atom. The lowest BCUT2D eigenvalue weighted by molar-refractivity contribution is 0.0698. The number of aromatic amines is 1. The molecule has 0 fully saturated rings. The third-order valence-electron chi connectivity index (χ3n) is 1.88. The molecule has 13 heavy (non-hydrogen) atoms. The maximum Gasteiger partial charge on any atom is 0.338 e. The van der Waals surface area contributed by atoms with Gasteiger partial charge in [-0.1, -0.05) is 0 Å². The fourth-order valence-electron chi connectivity index (χ4n) is 1.33. The lowest BCUT2D eigenvalue weighted by atomic mass is 10.2. The Bertz CT molecular complexity index is 475. The van der Waals surface area contributed by atoms with Gasteiger partial charge in [0.15, 0.2) is 0 Å². The van der Waals surface area contributed by atoms with Gasteiger partial charge in [-0.15, -0.1) is 0 Å². The van der Waals surface area contributed by atoms with Gasteiger partial charge in [0.25, 0.3) is 0 Å². The van der Waals surface area contributed by atoms with Crippen molar-refractivity contribution in [2.75, 3.05) is 0 Å². The van der Waals surface area contributed by atoms with Crippen molar-refractivity contribution in [1.82, 2.24) is 15.0 Å². The van der Waals surface area contributed by atoms with Crippen LogP contribution in [0.1, 0.15) is 16.1 Å². The molecular formula is C8H7N3O2. The monoisotopic (exact) mass is 177 g/mol. The molecule has 0 atom stereocenters. The number of H-pyrrole nitrogens is 1. The van der Waals surface area contributed by atoms with Crippen LogP contribution in [0, 0.1) is 6.92 Å². The molecule has 0 aliphatic heterocycles. The van der Waals surface area contributed by atoms with Gasteiger partial charge in [-0.3, -0.25) is 0 Å². The minimum atomic E-state index is -0.960. The van der Waals surface area contributed by atoms with Gasteiger partial charge < -0.3 is 10.1 Å². The molecule has 0 saturated heterocycles. The summed E-state index contributed by atoms with van der Waals surface area (Å²) in [6, 6.07) is 0. The quantitative estimate of drug-likeness (QED) is 0.680. The molecule has 5 nitrogen and oxygen atoms in total. The van der Waals surface area contributed by atoms with Crippen LogP contribution in [0.25, 0.3) is 11.0 Å². The molecule has 2 aromatic heterocycles. The summed E-state index contributed by atoms with van der Waals surface area (Å²) < 4.78 is 0. The summed E-state index contributed by atoms with van der Waals surface area (Å²) in [4.78, 5) is 21.4. The highest BCUT2D eigenvalue weighted by Crippen LogP contribution is 2.18. The third kappa shape index (κ3) is 1.05. The number of aryl methyl sites for hydroxylation is 1. The van der Waals surface area contributed by atoms with E-state index < -0.39 is 5.97 Å². The molecule has 2 N–H and O–H groups in total. The van der Waals surface area contributed by atoms with Crippen molar-refractivity contribution in [1.29, 1.82) is 0 Å². The smallest absolute Gasteiger partial charge is 0.338 e. The molecule has 2 heterocycles. The van der Waals surface area contributed by atoms with Gasteiger partial charge in [0.1, 0.15) is 12.0 Å². The van der Waals surface area contributed by atoms with Crippen molar-refractivity contribution in [2.45, 2.75) is 6.92 Å². The van der Waals surface area contributed by atoms with E-state index in [1.807, 2.05) is 0 Å². The van der Waals surface area contributed by atoms with Gasteiger partial charge in [0.2, 0.25) is 0 Å². The van der Waals surface area contributed by atoms with Crippen LogP contribution in [0.4, 0.5) is 0 Å². The number of hydrogen-bond acceptors (Lipinski definition) is 3. The van der Waals surface area contributed by atoms with Crippen molar-refractivity contribution < 1.29 is 9.90 Å². The molecule has 0 unspecified atom stereocenters. The third-order valence-corrected chi connectivity index (χ3v) is 1.88. The molecule has 0 bridgehead atoms. The molecule has 2 rings (SSSR count). The van der Waals surface area contributed by atoms with Crippen LogP contribution < -0.4 is 0 Å². The van der Waals surface area contributed by atoms with Crippen molar-refractivity contribution >= 4 is 17.0 Å². The van der Waals surface area contributed by atoms with E-state index in [0.717, 1.165) is 0 Å². The van der Waals surface area contributed by atoms with Crippen LogP contribution in [-0.2, 0) is 0 Å². The Morgan fingerprint density at radius 1 is 1.62 bits per heavy atom. The Labute approximate surface area is 73.4 Å². The zero-order valence-electron chi connectivity index (χ0n) is 6.90. The van der Waals surface area contributed by atoms with Gasteiger partial charge in [-0.2, -0.15) is 0 Å². The zero-order chi connectivity index (χ0) is 9.42. The van der Waals surface area contributed by atoms with Crippen LogP contribution in [0.5, 0.6) is 0 Å². The highest BCUT2D eigenvalue weighted by molar-refractivity contribution is 6.03. The van der Waals surface area contributed by atoms with Crippen molar-refractivity contribution in [2.24, 2.45) is 0 Å². The summed E-state index contributed by atoms with van der Waals surface area (Å²) in [5.41, 5.74) is 1.41. The van der Waals surface area contributed by atoms with Gasteiger partial charge in [-0.25, -0.2) is 14.8 Å². The first-order valence-corrected chi connectivity index (χ1v) is 3.71. The number of aromatic carboxylic acids is 1. The second kappa shape index (κ2) is 2.55. The molecule has 2 aromatic rings. The Balaban J connectivity index is 2.86. The van der Waals surface area contributed by atoms with Gasteiger partial charge in [-0.05, 0) is 6.92 Å². The summed E-state index contributed by atoms with van der Waals surface area (Å²) >= 11 is 0. The highest BCUT2D eigenvalue weighted by atomic mass is 16.4. The zero-order valence-corrected chi connectivity index (χ0v) is 6.90. The van der Waals surface area contributed by atoms with E-state index in [1.165, 1.54) is 12.5 Å². The van der Waals surface area contributed by atoms with Gasteiger partial charge in [0, 0.05) is 11.9 Å². The van der Waals surface area contributed by atoms with E-state index in [1.54, 1.807) is 6.92 Å². The van der Waals surface area contributed by atoms with Crippen molar-refractivity contribution in [3.63, 3.8) is 0 Å². The average molecular weight is 177 g/mol. The van der Waals surface area contributed by atoms with Crippen molar-refractivity contribution in [3.05, 3.63) is 23.8 Å². The van der Waals surface area contributed by atoms with E-state index in [-0.39, 0.29) is 5.56 Å². The number of carboxylic acid groups (broad SMARTS) is 1.